The van der Waals surface area contributed by atoms with Gasteiger partial charge in [-0.3, -0.25) is 0 Å². The van der Waals surface area contributed by atoms with Crippen molar-refractivity contribution in [3.8, 4) is 0 Å². The quantitative estimate of drug-likeness (QED) is 0.886. The molecule has 0 aliphatic heterocycles. The number of rotatable bonds is 4. The van der Waals surface area contributed by atoms with Gasteiger partial charge in [-0.25, -0.2) is 13.1 Å². The summed E-state index contributed by atoms with van der Waals surface area (Å²) in [5, 5.41) is 0. The monoisotopic (exact) mass is 282 g/mol. The molecule has 0 radical (unpaired) electrons. The summed E-state index contributed by atoms with van der Waals surface area (Å²) in [5.41, 5.74) is 6.31. The van der Waals surface area contributed by atoms with Crippen LogP contribution in [-0.2, 0) is 10.0 Å². The summed E-state index contributed by atoms with van der Waals surface area (Å²) in [7, 11) is -3.48. The first-order valence-corrected chi connectivity index (χ1v) is 8.27. The number of nitrogens with two attached hydrogens (primary N) is 1. The van der Waals surface area contributed by atoms with E-state index in [-0.39, 0.29) is 0 Å². The Kier molecular flexibility index (Phi) is 4.28. The van der Waals surface area contributed by atoms with Crippen molar-refractivity contribution in [2.24, 2.45) is 5.73 Å². The second-order valence-electron chi connectivity index (χ2n) is 5.47. The number of hydrogen-bond donors (Lipinski definition) is 2. The van der Waals surface area contributed by atoms with Crippen molar-refractivity contribution >= 4 is 10.0 Å². The van der Waals surface area contributed by atoms with Gasteiger partial charge in [-0.2, -0.15) is 0 Å². The molecule has 0 saturated heterocycles. The highest BCUT2D eigenvalue weighted by atomic mass is 32.2. The molecule has 3 N–H and O–H groups in total. The van der Waals surface area contributed by atoms with Gasteiger partial charge in [0.15, 0.2) is 0 Å². The van der Waals surface area contributed by atoms with E-state index in [1.165, 1.54) is 0 Å². The lowest BCUT2D eigenvalue weighted by Gasteiger charge is -2.36. The van der Waals surface area contributed by atoms with Crippen molar-refractivity contribution in [2.75, 3.05) is 6.54 Å². The maximum absolute atomic E-state index is 12.5. The van der Waals surface area contributed by atoms with E-state index >= 15 is 0 Å². The molecule has 0 heterocycles. The van der Waals surface area contributed by atoms with E-state index in [1.54, 1.807) is 18.2 Å². The van der Waals surface area contributed by atoms with Gasteiger partial charge in [-0.1, -0.05) is 31.4 Å². The minimum atomic E-state index is -3.48. The number of sulfonamides is 1. The highest BCUT2D eigenvalue weighted by Gasteiger charge is 2.35. The van der Waals surface area contributed by atoms with Crippen LogP contribution in [-0.4, -0.2) is 20.5 Å². The molecule has 0 atom stereocenters. The van der Waals surface area contributed by atoms with Crippen molar-refractivity contribution in [3.05, 3.63) is 29.8 Å². The SMILES string of the molecule is Cc1cccc(S(=O)(=O)NC2(CN)CCCCC2)c1. The van der Waals surface area contributed by atoms with Crippen molar-refractivity contribution in [1.82, 2.24) is 4.72 Å². The average Bonchev–Trinajstić information content (AvgIpc) is 2.39. The third-order valence-corrected chi connectivity index (χ3v) is 5.43. The van der Waals surface area contributed by atoms with Crippen LogP contribution in [0, 0.1) is 6.92 Å². The minimum Gasteiger partial charge on any atom is -0.329 e. The Bertz CT molecular complexity index is 534. The number of benzene rings is 1. The van der Waals surface area contributed by atoms with Crippen LogP contribution < -0.4 is 10.5 Å². The number of hydrogen-bond acceptors (Lipinski definition) is 3. The van der Waals surface area contributed by atoms with Gasteiger partial charge in [0.2, 0.25) is 10.0 Å². The van der Waals surface area contributed by atoms with E-state index in [1.807, 2.05) is 13.0 Å². The molecule has 1 aromatic rings. The fourth-order valence-corrected chi connectivity index (χ4v) is 4.28. The van der Waals surface area contributed by atoms with E-state index < -0.39 is 15.6 Å². The summed E-state index contributed by atoms with van der Waals surface area (Å²) >= 11 is 0. The standard InChI is InChI=1S/C14H22N2O2S/c1-12-6-5-7-13(10-12)19(17,18)16-14(11-15)8-3-2-4-9-14/h5-7,10,16H,2-4,8-9,11,15H2,1H3. The third kappa shape index (κ3) is 3.35. The Morgan fingerprint density at radius 3 is 2.53 bits per heavy atom. The van der Waals surface area contributed by atoms with Crippen molar-refractivity contribution in [1.29, 1.82) is 0 Å². The Morgan fingerprint density at radius 1 is 1.26 bits per heavy atom. The lowest BCUT2D eigenvalue weighted by atomic mass is 9.83. The molecule has 0 unspecified atom stereocenters. The molecule has 0 amide bonds. The number of nitrogens with one attached hydrogen (secondary N) is 1. The molecule has 19 heavy (non-hydrogen) atoms. The fourth-order valence-electron chi connectivity index (χ4n) is 2.70. The molecule has 0 spiro atoms. The summed E-state index contributed by atoms with van der Waals surface area (Å²) in [6, 6.07) is 6.97. The first-order valence-electron chi connectivity index (χ1n) is 6.78. The third-order valence-electron chi connectivity index (χ3n) is 3.85. The van der Waals surface area contributed by atoms with Crippen molar-refractivity contribution in [2.45, 2.75) is 49.5 Å². The zero-order chi connectivity index (χ0) is 13.9. The maximum Gasteiger partial charge on any atom is 0.241 e. The Balaban J connectivity index is 2.25. The molecule has 1 aliphatic carbocycles. The van der Waals surface area contributed by atoms with Crippen LogP contribution in [0.1, 0.15) is 37.7 Å². The highest BCUT2D eigenvalue weighted by Crippen LogP contribution is 2.29. The average molecular weight is 282 g/mol. The first-order chi connectivity index (χ1) is 8.97. The minimum absolute atomic E-state index is 0.325. The lowest BCUT2D eigenvalue weighted by Crippen LogP contribution is -2.54. The molecule has 5 heteroatoms. The van der Waals surface area contributed by atoms with E-state index in [9.17, 15) is 8.42 Å². The highest BCUT2D eigenvalue weighted by molar-refractivity contribution is 7.89. The molecular formula is C14H22N2O2S. The zero-order valence-corrected chi connectivity index (χ0v) is 12.2. The van der Waals surface area contributed by atoms with Crippen LogP contribution >= 0.6 is 0 Å². The van der Waals surface area contributed by atoms with Crippen molar-refractivity contribution < 1.29 is 8.42 Å². The molecule has 1 aliphatic rings. The van der Waals surface area contributed by atoms with E-state index in [4.69, 9.17) is 5.73 Å². The van der Waals surface area contributed by atoms with E-state index in [0.29, 0.717) is 11.4 Å². The second-order valence-corrected chi connectivity index (χ2v) is 7.15. The Labute approximate surface area is 115 Å². The van der Waals surface area contributed by atoms with Crippen LogP contribution in [0.5, 0.6) is 0 Å². The molecule has 1 fully saturated rings. The Morgan fingerprint density at radius 2 is 1.95 bits per heavy atom. The Hall–Kier alpha value is -0.910. The van der Waals surface area contributed by atoms with Crippen LogP contribution in [0.3, 0.4) is 0 Å². The predicted octanol–water partition coefficient (Wildman–Crippen LogP) is 1.93. The summed E-state index contributed by atoms with van der Waals surface area (Å²) in [4.78, 5) is 0.325. The van der Waals surface area contributed by atoms with Crippen LogP contribution in [0.25, 0.3) is 0 Å². The number of aryl methyl sites for hydroxylation is 1. The van der Waals surface area contributed by atoms with Crippen LogP contribution in [0.4, 0.5) is 0 Å². The van der Waals surface area contributed by atoms with Gasteiger partial charge in [-0.05, 0) is 37.5 Å². The second kappa shape index (κ2) is 5.61. The molecule has 1 saturated carbocycles. The summed E-state index contributed by atoms with van der Waals surface area (Å²) in [6.45, 7) is 2.25. The zero-order valence-electron chi connectivity index (χ0n) is 11.4. The predicted molar refractivity (Wildman–Crippen MR) is 76.4 cm³/mol. The summed E-state index contributed by atoms with van der Waals surface area (Å²) in [5.74, 6) is 0. The molecule has 106 valence electrons. The van der Waals surface area contributed by atoms with E-state index in [2.05, 4.69) is 4.72 Å². The van der Waals surface area contributed by atoms with Crippen LogP contribution in [0.15, 0.2) is 29.2 Å². The molecule has 2 rings (SSSR count). The van der Waals surface area contributed by atoms with Crippen LogP contribution in [0.2, 0.25) is 0 Å². The maximum atomic E-state index is 12.5. The topological polar surface area (TPSA) is 72.2 Å². The van der Waals surface area contributed by atoms with Gasteiger partial charge in [0, 0.05) is 12.1 Å². The summed E-state index contributed by atoms with van der Waals surface area (Å²) < 4.78 is 27.7. The largest absolute Gasteiger partial charge is 0.329 e. The molecule has 0 aromatic heterocycles. The molecule has 1 aromatic carbocycles. The van der Waals surface area contributed by atoms with Gasteiger partial charge in [-0.15, -0.1) is 0 Å². The first kappa shape index (κ1) is 14.5. The molecule has 0 bridgehead atoms. The van der Waals surface area contributed by atoms with Gasteiger partial charge < -0.3 is 5.73 Å². The van der Waals surface area contributed by atoms with Gasteiger partial charge in [0.25, 0.3) is 0 Å². The smallest absolute Gasteiger partial charge is 0.241 e. The van der Waals surface area contributed by atoms with Gasteiger partial charge in [0.05, 0.1) is 4.90 Å². The van der Waals surface area contributed by atoms with E-state index in [0.717, 1.165) is 37.7 Å². The lowest BCUT2D eigenvalue weighted by molar-refractivity contribution is 0.276. The summed E-state index contributed by atoms with van der Waals surface area (Å²) in [6.07, 6.45) is 4.89. The van der Waals surface area contributed by atoms with Gasteiger partial charge >= 0.3 is 0 Å². The molecule has 4 nitrogen and oxygen atoms in total. The normalized spacial score (nSPS) is 19.3. The fraction of sp³-hybridized carbons (Fsp3) is 0.571. The van der Waals surface area contributed by atoms with Gasteiger partial charge in [0.1, 0.15) is 0 Å². The van der Waals surface area contributed by atoms with Crippen molar-refractivity contribution in [3.63, 3.8) is 0 Å². The molecular weight excluding hydrogens is 260 g/mol.